The second kappa shape index (κ2) is 2.71. The summed E-state index contributed by atoms with van der Waals surface area (Å²) in [5.41, 5.74) is 0.532. The van der Waals surface area contributed by atoms with Crippen LogP contribution < -0.4 is 0 Å². The number of hydrogen-bond donors (Lipinski definition) is 0. The molecule has 2 fully saturated rings. The fourth-order valence-electron chi connectivity index (χ4n) is 2.30. The molecule has 70 valence electrons. The molecule has 2 heteroatoms. The molecule has 0 aliphatic carbocycles. The average Bonchev–Trinajstić information content (AvgIpc) is 2.25. The van der Waals surface area contributed by atoms with Crippen LogP contribution in [0.15, 0.2) is 0 Å². The molecule has 0 bridgehead atoms. The van der Waals surface area contributed by atoms with Crippen molar-refractivity contribution in [3.63, 3.8) is 0 Å². The minimum atomic E-state index is 0.532. The molecule has 2 aliphatic heterocycles. The lowest BCUT2D eigenvalue weighted by Crippen LogP contribution is -2.48. The zero-order valence-electron chi connectivity index (χ0n) is 8.34. The van der Waals surface area contributed by atoms with Crippen LogP contribution in [0.2, 0.25) is 0 Å². The maximum Gasteiger partial charge on any atom is 0.0560 e. The van der Waals surface area contributed by atoms with Crippen LogP contribution in [0, 0.1) is 11.3 Å². The summed E-state index contributed by atoms with van der Waals surface area (Å²) >= 11 is 0. The summed E-state index contributed by atoms with van der Waals surface area (Å²) in [6.45, 7) is 11.4. The van der Waals surface area contributed by atoms with Crippen molar-refractivity contribution in [1.29, 1.82) is 0 Å². The summed E-state index contributed by atoms with van der Waals surface area (Å²) in [6.07, 6.45) is 0. The van der Waals surface area contributed by atoms with Gasteiger partial charge in [0, 0.05) is 24.5 Å². The van der Waals surface area contributed by atoms with Crippen LogP contribution in [0.5, 0.6) is 0 Å². The molecule has 0 amide bonds. The Morgan fingerprint density at radius 3 is 2.33 bits per heavy atom. The number of likely N-dealkylation sites (tertiary alicyclic amines) is 1. The topological polar surface area (TPSA) is 12.5 Å². The average molecular weight is 169 g/mol. The molecular formula is C10H19NO. The van der Waals surface area contributed by atoms with Gasteiger partial charge in [0.1, 0.15) is 0 Å². The monoisotopic (exact) mass is 169 g/mol. The molecule has 0 aromatic heterocycles. The Morgan fingerprint density at radius 1 is 1.42 bits per heavy atom. The van der Waals surface area contributed by atoms with Gasteiger partial charge in [-0.15, -0.1) is 0 Å². The summed E-state index contributed by atoms with van der Waals surface area (Å²) in [7, 11) is 0. The molecule has 2 rings (SSSR count). The molecule has 2 nitrogen and oxygen atoms in total. The molecule has 0 aromatic carbocycles. The summed E-state index contributed by atoms with van der Waals surface area (Å²) < 4.78 is 5.33. The molecular weight excluding hydrogens is 150 g/mol. The molecule has 0 saturated carbocycles. The van der Waals surface area contributed by atoms with Gasteiger partial charge in [0.25, 0.3) is 0 Å². The van der Waals surface area contributed by atoms with Gasteiger partial charge in [-0.2, -0.15) is 0 Å². The van der Waals surface area contributed by atoms with Gasteiger partial charge in [0.2, 0.25) is 0 Å². The van der Waals surface area contributed by atoms with Crippen molar-refractivity contribution in [2.45, 2.75) is 26.8 Å². The molecule has 2 heterocycles. The number of ether oxygens (including phenoxy) is 1. The van der Waals surface area contributed by atoms with Crippen molar-refractivity contribution in [3.8, 4) is 0 Å². The highest BCUT2D eigenvalue weighted by atomic mass is 16.5. The van der Waals surface area contributed by atoms with Crippen molar-refractivity contribution in [3.05, 3.63) is 0 Å². The van der Waals surface area contributed by atoms with Crippen LogP contribution in [-0.2, 0) is 4.74 Å². The zero-order valence-corrected chi connectivity index (χ0v) is 8.34. The summed E-state index contributed by atoms with van der Waals surface area (Å²) in [5, 5.41) is 0. The summed E-state index contributed by atoms with van der Waals surface area (Å²) in [5.74, 6) is 0.827. The van der Waals surface area contributed by atoms with Crippen molar-refractivity contribution < 1.29 is 4.74 Å². The standard InChI is InChI=1S/C10H19NO/c1-8(2)11-4-9(3)10(5-11)6-12-7-10/h8-9H,4-7H2,1-3H3. The van der Waals surface area contributed by atoms with Crippen LogP contribution in [0.1, 0.15) is 20.8 Å². The number of hydrogen-bond acceptors (Lipinski definition) is 2. The first-order valence-electron chi connectivity index (χ1n) is 4.96. The Hall–Kier alpha value is -0.0800. The first kappa shape index (κ1) is 8.52. The van der Waals surface area contributed by atoms with E-state index < -0.39 is 0 Å². The second-order valence-electron chi connectivity index (χ2n) is 4.78. The normalized spacial score (nSPS) is 34.5. The van der Waals surface area contributed by atoms with Crippen molar-refractivity contribution >= 4 is 0 Å². The van der Waals surface area contributed by atoms with E-state index in [0.717, 1.165) is 19.1 Å². The van der Waals surface area contributed by atoms with E-state index in [0.29, 0.717) is 11.5 Å². The van der Waals surface area contributed by atoms with Gasteiger partial charge >= 0.3 is 0 Å². The molecule has 2 saturated heterocycles. The summed E-state index contributed by atoms with van der Waals surface area (Å²) in [4.78, 5) is 2.58. The maximum absolute atomic E-state index is 5.33. The molecule has 1 spiro atoms. The van der Waals surface area contributed by atoms with Crippen LogP contribution in [0.25, 0.3) is 0 Å². The third kappa shape index (κ3) is 1.09. The minimum Gasteiger partial charge on any atom is -0.380 e. The van der Waals surface area contributed by atoms with Gasteiger partial charge in [-0.1, -0.05) is 6.92 Å². The van der Waals surface area contributed by atoms with E-state index in [1.807, 2.05) is 0 Å². The Kier molecular flexibility index (Phi) is 1.92. The van der Waals surface area contributed by atoms with Crippen LogP contribution in [0.4, 0.5) is 0 Å². The fraction of sp³-hybridized carbons (Fsp3) is 1.00. The minimum absolute atomic E-state index is 0.532. The van der Waals surface area contributed by atoms with Crippen molar-refractivity contribution in [2.75, 3.05) is 26.3 Å². The highest BCUT2D eigenvalue weighted by molar-refractivity contribution is 4.99. The van der Waals surface area contributed by atoms with Crippen LogP contribution in [0.3, 0.4) is 0 Å². The van der Waals surface area contributed by atoms with Crippen LogP contribution >= 0.6 is 0 Å². The van der Waals surface area contributed by atoms with E-state index in [4.69, 9.17) is 4.74 Å². The third-order valence-electron chi connectivity index (χ3n) is 3.58. The van der Waals surface area contributed by atoms with Crippen molar-refractivity contribution in [2.24, 2.45) is 11.3 Å². The molecule has 0 aromatic rings. The quantitative estimate of drug-likeness (QED) is 0.587. The first-order valence-corrected chi connectivity index (χ1v) is 4.96. The van der Waals surface area contributed by atoms with Gasteiger partial charge in [0.05, 0.1) is 13.2 Å². The van der Waals surface area contributed by atoms with E-state index in [-0.39, 0.29) is 0 Å². The Labute approximate surface area is 74.9 Å². The summed E-state index contributed by atoms with van der Waals surface area (Å²) in [6, 6.07) is 0.701. The Morgan fingerprint density at radius 2 is 2.08 bits per heavy atom. The number of rotatable bonds is 1. The number of nitrogens with zero attached hydrogens (tertiary/aromatic N) is 1. The largest absolute Gasteiger partial charge is 0.380 e. The zero-order chi connectivity index (χ0) is 8.77. The molecule has 0 N–H and O–H groups in total. The van der Waals surface area contributed by atoms with E-state index in [9.17, 15) is 0 Å². The molecule has 0 radical (unpaired) electrons. The lowest BCUT2D eigenvalue weighted by molar-refractivity contribution is -0.124. The van der Waals surface area contributed by atoms with E-state index in [1.54, 1.807) is 0 Å². The molecule has 1 atom stereocenters. The van der Waals surface area contributed by atoms with Gasteiger partial charge < -0.3 is 4.74 Å². The fourth-order valence-corrected chi connectivity index (χ4v) is 2.30. The third-order valence-corrected chi connectivity index (χ3v) is 3.58. The van der Waals surface area contributed by atoms with Crippen molar-refractivity contribution in [1.82, 2.24) is 4.90 Å². The SMILES string of the molecule is CC(C)N1CC(C)C2(COC2)C1. The highest BCUT2D eigenvalue weighted by Crippen LogP contribution is 2.42. The van der Waals surface area contributed by atoms with Gasteiger partial charge in [-0.3, -0.25) is 4.90 Å². The van der Waals surface area contributed by atoms with E-state index >= 15 is 0 Å². The maximum atomic E-state index is 5.33. The van der Waals surface area contributed by atoms with Gasteiger partial charge in [0.15, 0.2) is 0 Å². The highest BCUT2D eigenvalue weighted by Gasteiger charge is 2.49. The predicted octanol–water partition coefficient (Wildman–Crippen LogP) is 1.36. The second-order valence-corrected chi connectivity index (χ2v) is 4.78. The lowest BCUT2D eigenvalue weighted by atomic mass is 9.77. The molecule has 1 unspecified atom stereocenters. The smallest absolute Gasteiger partial charge is 0.0560 e. The molecule has 2 aliphatic rings. The first-order chi connectivity index (χ1) is 5.64. The van der Waals surface area contributed by atoms with Crippen LogP contribution in [-0.4, -0.2) is 37.2 Å². The van der Waals surface area contributed by atoms with E-state index in [2.05, 4.69) is 25.7 Å². The Bertz CT molecular complexity index is 175. The molecule has 12 heavy (non-hydrogen) atoms. The predicted molar refractivity (Wildman–Crippen MR) is 49.1 cm³/mol. The Balaban J connectivity index is 2.02. The van der Waals surface area contributed by atoms with E-state index in [1.165, 1.54) is 13.1 Å². The lowest BCUT2D eigenvalue weighted by Gasteiger charge is -2.41. The van der Waals surface area contributed by atoms with Gasteiger partial charge in [-0.25, -0.2) is 0 Å². The van der Waals surface area contributed by atoms with Gasteiger partial charge in [-0.05, 0) is 19.8 Å².